The Morgan fingerprint density at radius 2 is 2.16 bits per heavy atom. The van der Waals surface area contributed by atoms with Gasteiger partial charge in [0, 0.05) is 30.0 Å². The Bertz CT molecular complexity index is 704. The number of nitrogens with one attached hydrogen (secondary N) is 1. The van der Waals surface area contributed by atoms with Gasteiger partial charge in [0.1, 0.15) is 11.6 Å². The molecule has 1 fully saturated rings. The average molecular weight is 362 g/mol. The Balaban J connectivity index is 1.95. The molecule has 25 heavy (non-hydrogen) atoms. The molecule has 0 aromatic heterocycles. The minimum absolute atomic E-state index is 0.00885. The van der Waals surface area contributed by atoms with Gasteiger partial charge in [-0.15, -0.1) is 0 Å². The first-order valence-corrected chi connectivity index (χ1v) is 8.50. The lowest BCUT2D eigenvalue weighted by Crippen LogP contribution is -2.34. The molecule has 6 nitrogen and oxygen atoms in total. The maximum atomic E-state index is 12.2. The molecule has 0 bridgehead atoms. The van der Waals surface area contributed by atoms with E-state index in [1.54, 1.807) is 37.4 Å². The van der Waals surface area contributed by atoms with Crippen LogP contribution in [0, 0.1) is 17.2 Å². The lowest BCUT2D eigenvalue weighted by atomic mass is 9.97. The van der Waals surface area contributed by atoms with Gasteiger partial charge in [-0.2, -0.15) is 5.26 Å². The fourth-order valence-corrected chi connectivity index (χ4v) is 2.80. The molecule has 1 aromatic rings. The molecule has 1 heterocycles. The number of esters is 1. The average Bonchev–Trinajstić information content (AvgIpc) is 2.60. The Kier molecular flexibility index (Phi) is 6.84. The lowest BCUT2D eigenvalue weighted by molar-refractivity contribution is -0.149. The van der Waals surface area contributed by atoms with Crippen LogP contribution in [0.2, 0.25) is 5.02 Å². The van der Waals surface area contributed by atoms with Crippen molar-refractivity contribution in [1.82, 2.24) is 4.90 Å². The molecule has 2 rings (SSSR count). The molecule has 1 aromatic carbocycles. The molecular weight excluding hydrogens is 342 g/mol. The summed E-state index contributed by atoms with van der Waals surface area (Å²) in [5.41, 5.74) is 0.536. The van der Waals surface area contributed by atoms with Crippen molar-refractivity contribution in [3.8, 4) is 6.07 Å². The second kappa shape index (κ2) is 9.09. The number of anilines is 1. The van der Waals surface area contributed by atoms with E-state index in [-0.39, 0.29) is 17.5 Å². The zero-order valence-corrected chi connectivity index (χ0v) is 14.8. The van der Waals surface area contributed by atoms with E-state index in [2.05, 4.69) is 5.32 Å². The molecule has 1 amide bonds. The minimum atomic E-state index is -0.489. The van der Waals surface area contributed by atoms with Gasteiger partial charge >= 0.3 is 5.97 Å². The Labute approximate surface area is 152 Å². The molecule has 7 heteroatoms. The predicted octanol–water partition coefficient (Wildman–Crippen LogP) is 2.96. The van der Waals surface area contributed by atoms with Crippen LogP contribution in [0.4, 0.5) is 5.69 Å². The van der Waals surface area contributed by atoms with Gasteiger partial charge in [0.25, 0.3) is 5.91 Å². The van der Waals surface area contributed by atoms with Crippen molar-refractivity contribution in [2.75, 3.05) is 25.0 Å². The number of nitriles is 1. The van der Waals surface area contributed by atoms with Crippen molar-refractivity contribution < 1.29 is 14.3 Å². The van der Waals surface area contributed by atoms with Crippen LogP contribution in [-0.4, -0.2) is 36.5 Å². The molecule has 1 aliphatic rings. The van der Waals surface area contributed by atoms with E-state index < -0.39 is 5.91 Å². The van der Waals surface area contributed by atoms with E-state index in [0.717, 1.165) is 0 Å². The molecule has 0 unspecified atom stereocenters. The molecule has 1 aliphatic heterocycles. The van der Waals surface area contributed by atoms with Crippen LogP contribution in [0.1, 0.15) is 19.8 Å². The first kappa shape index (κ1) is 18.8. The van der Waals surface area contributed by atoms with Crippen LogP contribution < -0.4 is 5.32 Å². The van der Waals surface area contributed by atoms with Gasteiger partial charge in [-0.3, -0.25) is 9.59 Å². The molecule has 0 atom stereocenters. The third kappa shape index (κ3) is 5.50. The highest BCUT2D eigenvalue weighted by molar-refractivity contribution is 6.31. The maximum absolute atomic E-state index is 12.2. The van der Waals surface area contributed by atoms with Crippen LogP contribution in [-0.2, 0) is 14.3 Å². The van der Waals surface area contributed by atoms with Gasteiger partial charge < -0.3 is 15.0 Å². The highest BCUT2D eigenvalue weighted by atomic mass is 35.5. The summed E-state index contributed by atoms with van der Waals surface area (Å²) in [7, 11) is 0. The van der Waals surface area contributed by atoms with Gasteiger partial charge in [-0.05, 0) is 38.0 Å². The normalized spacial score (nSPS) is 15.4. The summed E-state index contributed by atoms with van der Waals surface area (Å²) in [6, 6.07) is 8.65. The Morgan fingerprint density at radius 3 is 2.76 bits per heavy atom. The third-order valence-electron chi connectivity index (χ3n) is 3.91. The molecule has 1 N–H and O–H groups in total. The van der Waals surface area contributed by atoms with Crippen LogP contribution in [0.5, 0.6) is 0 Å². The second-order valence-electron chi connectivity index (χ2n) is 5.68. The van der Waals surface area contributed by atoms with Crippen LogP contribution in [0.25, 0.3) is 0 Å². The van der Waals surface area contributed by atoms with E-state index in [1.165, 1.54) is 0 Å². The highest BCUT2D eigenvalue weighted by Crippen LogP contribution is 2.20. The van der Waals surface area contributed by atoms with Crippen LogP contribution >= 0.6 is 11.6 Å². The first-order chi connectivity index (χ1) is 12.0. The lowest BCUT2D eigenvalue weighted by Gasteiger charge is -2.30. The largest absolute Gasteiger partial charge is 0.466 e. The zero-order chi connectivity index (χ0) is 18.2. The SMILES string of the molecule is CCOC(=O)C1CCN(C=C(C#N)C(=O)Nc2cccc(Cl)c2)CC1. The molecule has 0 radical (unpaired) electrons. The standard InChI is InChI=1S/C18H20ClN3O3/c1-2-25-18(24)13-6-8-22(9-7-13)12-14(11-20)17(23)21-16-5-3-4-15(19)10-16/h3-5,10,12-13H,2,6-9H2,1H3,(H,21,23). The van der Waals surface area contributed by atoms with Crippen molar-refractivity contribution >= 4 is 29.2 Å². The molecule has 1 saturated heterocycles. The third-order valence-corrected chi connectivity index (χ3v) is 4.14. The zero-order valence-electron chi connectivity index (χ0n) is 14.0. The summed E-state index contributed by atoms with van der Waals surface area (Å²) in [5, 5.41) is 12.4. The summed E-state index contributed by atoms with van der Waals surface area (Å²) in [6.07, 6.45) is 2.83. The van der Waals surface area contributed by atoms with Gasteiger partial charge in [-0.25, -0.2) is 0 Å². The summed E-state index contributed by atoms with van der Waals surface area (Å²) in [6.45, 7) is 3.35. The molecule has 0 saturated carbocycles. The number of nitrogens with zero attached hydrogens (tertiary/aromatic N) is 2. The number of likely N-dealkylation sites (tertiary alicyclic amines) is 1. The summed E-state index contributed by atoms with van der Waals surface area (Å²) < 4.78 is 5.03. The topological polar surface area (TPSA) is 82.4 Å². The van der Waals surface area contributed by atoms with Crippen LogP contribution in [0.15, 0.2) is 36.0 Å². The monoisotopic (exact) mass is 361 g/mol. The van der Waals surface area contributed by atoms with E-state index in [9.17, 15) is 14.9 Å². The number of hydrogen-bond donors (Lipinski definition) is 1. The summed E-state index contributed by atoms with van der Waals surface area (Å²) >= 11 is 5.88. The van der Waals surface area contributed by atoms with Gasteiger partial charge in [-0.1, -0.05) is 17.7 Å². The summed E-state index contributed by atoms with van der Waals surface area (Å²) in [4.78, 5) is 25.9. The number of amides is 1. The smallest absolute Gasteiger partial charge is 0.309 e. The van der Waals surface area contributed by atoms with E-state index in [0.29, 0.717) is 43.2 Å². The number of benzene rings is 1. The molecule has 0 spiro atoms. The number of rotatable bonds is 5. The van der Waals surface area contributed by atoms with Gasteiger partial charge in [0.15, 0.2) is 0 Å². The number of carbonyl (C=O) groups excluding carboxylic acids is 2. The van der Waals surface area contributed by atoms with Crippen molar-refractivity contribution in [2.24, 2.45) is 5.92 Å². The minimum Gasteiger partial charge on any atom is -0.466 e. The Morgan fingerprint density at radius 1 is 1.44 bits per heavy atom. The fraction of sp³-hybridized carbons (Fsp3) is 0.389. The van der Waals surface area contributed by atoms with Gasteiger partial charge in [0.2, 0.25) is 0 Å². The van der Waals surface area contributed by atoms with E-state index in [4.69, 9.17) is 16.3 Å². The van der Waals surface area contributed by atoms with Crippen molar-refractivity contribution in [2.45, 2.75) is 19.8 Å². The van der Waals surface area contributed by atoms with Crippen LogP contribution in [0.3, 0.4) is 0 Å². The number of carbonyl (C=O) groups is 2. The molecule has 132 valence electrons. The van der Waals surface area contributed by atoms with E-state index >= 15 is 0 Å². The predicted molar refractivity (Wildman–Crippen MR) is 94.7 cm³/mol. The summed E-state index contributed by atoms with van der Waals surface area (Å²) in [5.74, 6) is -0.780. The molecular formula is C18H20ClN3O3. The van der Waals surface area contributed by atoms with Crippen molar-refractivity contribution in [3.63, 3.8) is 0 Å². The second-order valence-corrected chi connectivity index (χ2v) is 6.12. The van der Waals surface area contributed by atoms with Crippen molar-refractivity contribution in [3.05, 3.63) is 41.1 Å². The Hall–Kier alpha value is -2.52. The van der Waals surface area contributed by atoms with E-state index in [1.807, 2.05) is 11.0 Å². The number of ether oxygens (including phenoxy) is 1. The fourth-order valence-electron chi connectivity index (χ4n) is 2.61. The number of piperidine rings is 1. The number of halogens is 1. The van der Waals surface area contributed by atoms with Crippen molar-refractivity contribution in [1.29, 1.82) is 5.26 Å². The molecule has 0 aliphatic carbocycles. The maximum Gasteiger partial charge on any atom is 0.309 e. The quantitative estimate of drug-likeness (QED) is 0.495. The number of hydrogen-bond acceptors (Lipinski definition) is 5. The first-order valence-electron chi connectivity index (χ1n) is 8.13. The van der Waals surface area contributed by atoms with Gasteiger partial charge in [0.05, 0.1) is 12.5 Å². The highest BCUT2D eigenvalue weighted by Gasteiger charge is 2.25.